The molecule has 21 heavy (non-hydrogen) atoms. The molecule has 0 spiro atoms. The Balaban J connectivity index is 0.00000220. The van der Waals surface area contributed by atoms with E-state index < -0.39 is 5.82 Å². The lowest BCUT2D eigenvalue weighted by Gasteiger charge is -2.30. The molecule has 2 amide bonds. The standard InChI is InChI=1S/C14H18FN3O2.ClH/c1-9(19)17-11-2-3-13(15)12(8-11)14(20)18-6-4-10(16)5-7-18;/h2-3,8,10H,4-7,16H2,1H3,(H,17,19);1H. The Labute approximate surface area is 129 Å². The SMILES string of the molecule is CC(=O)Nc1ccc(F)c(C(=O)N2CCC(N)CC2)c1.Cl. The quantitative estimate of drug-likeness (QED) is 0.873. The zero-order chi connectivity index (χ0) is 14.7. The Hall–Kier alpha value is -1.66. The molecule has 1 aliphatic heterocycles. The molecule has 5 nitrogen and oxygen atoms in total. The van der Waals surface area contributed by atoms with E-state index in [9.17, 15) is 14.0 Å². The number of likely N-dealkylation sites (tertiary alicyclic amines) is 1. The number of nitrogens with one attached hydrogen (secondary N) is 1. The van der Waals surface area contributed by atoms with Gasteiger partial charge in [0.2, 0.25) is 5.91 Å². The Morgan fingerprint density at radius 3 is 2.52 bits per heavy atom. The van der Waals surface area contributed by atoms with Crippen molar-refractivity contribution in [2.75, 3.05) is 18.4 Å². The van der Waals surface area contributed by atoms with E-state index in [2.05, 4.69) is 5.32 Å². The zero-order valence-electron chi connectivity index (χ0n) is 11.8. The number of halogens is 2. The van der Waals surface area contributed by atoms with E-state index in [-0.39, 0.29) is 35.8 Å². The first-order valence-corrected chi connectivity index (χ1v) is 6.59. The fourth-order valence-electron chi connectivity index (χ4n) is 2.24. The molecule has 0 aromatic heterocycles. The Morgan fingerprint density at radius 1 is 1.33 bits per heavy atom. The average Bonchev–Trinajstić information content (AvgIpc) is 2.40. The molecule has 3 N–H and O–H groups in total. The summed E-state index contributed by atoms with van der Waals surface area (Å²) >= 11 is 0. The Morgan fingerprint density at radius 2 is 1.95 bits per heavy atom. The van der Waals surface area contributed by atoms with Crippen molar-refractivity contribution in [3.8, 4) is 0 Å². The number of nitrogens with zero attached hydrogens (tertiary/aromatic N) is 1. The number of rotatable bonds is 2. The molecule has 0 aliphatic carbocycles. The van der Waals surface area contributed by atoms with Gasteiger partial charge in [0.1, 0.15) is 5.82 Å². The Kier molecular flexibility index (Phi) is 6.11. The van der Waals surface area contributed by atoms with Crippen molar-refractivity contribution in [1.29, 1.82) is 0 Å². The lowest BCUT2D eigenvalue weighted by molar-refractivity contribution is -0.114. The summed E-state index contributed by atoms with van der Waals surface area (Å²) < 4.78 is 13.8. The molecule has 1 heterocycles. The van der Waals surface area contributed by atoms with Crippen LogP contribution in [0.3, 0.4) is 0 Å². The van der Waals surface area contributed by atoms with Crippen molar-refractivity contribution in [3.05, 3.63) is 29.6 Å². The fourth-order valence-corrected chi connectivity index (χ4v) is 2.24. The smallest absolute Gasteiger partial charge is 0.256 e. The summed E-state index contributed by atoms with van der Waals surface area (Å²) in [4.78, 5) is 24.9. The van der Waals surface area contributed by atoms with Crippen molar-refractivity contribution >= 4 is 29.9 Å². The summed E-state index contributed by atoms with van der Waals surface area (Å²) in [5.41, 5.74) is 6.18. The van der Waals surface area contributed by atoms with Crippen LogP contribution in [0.1, 0.15) is 30.1 Å². The summed E-state index contributed by atoms with van der Waals surface area (Å²) in [5, 5.41) is 2.54. The summed E-state index contributed by atoms with van der Waals surface area (Å²) in [6.07, 6.45) is 1.44. The maximum absolute atomic E-state index is 13.8. The first-order valence-electron chi connectivity index (χ1n) is 6.59. The van der Waals surface area contributed by atoms with Crippen LogP contribution in [0.15, 0.2) is 18.2 Å². The number of hydrogen-bond donors (Lipinski definition) is 2. The topological polar surface area (TPSA) is 75.4 Å². The number of carbonyl (C=O) groups excluding carboxylic acids is 2. The van der Waals surface area contributed by atoms with E-state index in [1.54, 1.807) is 4.90 Å². The highest BCUT2D eigenvalue weighted by Crippen LogP contribution is 2.19. The summed E-state index contributed by atoms with van der Waals surface area (Å²) in [5.74, 6) is -1.21. The molecule has 116 valence electrons. The third kappa shape index (κ3) is 4.41. The largest absolute Gasteiger partial charge is 0.338 e. The summed E-state index contributed by atoms with van der Waals surface area (Å²) in [6.45, 7) is 2.42. The molecule has 0 radical (unpaired) electrons. The lowest BCUT2D eigenvalue weighted by atomic mass is 10.0. The summed E-state index contributed by atoms with van der Waals surface area (Å²) in [7, 11) is 0. The average molecular weight is 316 g/mol. The molecule has 1 saturated heterocycles. The summed E-state index contributed by atoms with van der Waals surface area (Å²) in [6, 6.07) is 4.09. The molecule has 0 unspecified atom stereocenters. The van der Waals surface area contributed by atoms with Gasteiger partial charge < -0.3 is 16.0 Å². The van der Waals surface area contributed by atoms with Crippen molar-refractivity contribution in [3.63, 3.8) is 0 Å². The predicted molar refractivity (Wildman–Crippen MR) is 81.1 cm³/mol. The number of hydrogen-bond acceptors (Lipinski definition) is 3. The third-order valence-corrected chi connectivity index (χ3v) is 3.34. The molecular formula is C14H19ClFN3O2. The minimum absolute atomic E-state index is 0. The van der Waals surface area contributed by atoms with Crippen molar-refractivity contribution < 1.29 is 14.0 Å². The number of nitrogens with two attached hydrogens (primary N) is 1. The van der Waals surface area contributed by atoms with Gasteiger partial charge in [0, 0.05) is 31.7 Å². The minimum Gasteiger partial charge on any atom is -0.338 e. The van der Waals surface area contributed by atoms with Gasteiger partial charge in [0.05, 0.1) is 5.56 Å². The second kappa shape index (κ2) is 7.38. The molecule has 0 bridgehead atoms. The van der Waals surface area contributed by atoms with Gasteiger partial charge in [-0.2, -0.15) is 0 Å². The third-order valence-electron chi connectivity index (χ3n) is 3.34. The van der Waals surface area contributed by atoms with Gasteiger partial charge in [-0.1, -0.05) is 0 Å². The minimum atomic E-state index is -0.584. The number of benzene rings is 1. The number of anilines is 1. The lowest BCUT2D eigenvalue weighted by Crippen LogP contribution is -2.43. The monoisotopic (exact) mass is 315 g/mol. The van der Waals surface area contributed by atoms with Gasteiger partial charge in [-0.3, -0.25) is 9.59 Å². The van der Waals surface area contributed by atoms with Crippen LogP contribution in [-0.2, 0) is 4.79 Å². The van der Waals surface area contributed by atoms with Gasteiger partial charge in [-0.15, -0.1) is 12.4 Å². The Bertz CT molecular complexity index is 531. The normalized spacial score (nSPS) is 15.3. The molecule has 0 atom stereocenters. The van der Waals surface area contributed by atoms with Gasteiger partial charge in [-0.25, -0.2) is 4.39 Å². The van der Waals surface area contributed by atoms with Gasteiger partial charge in [0.25, 0.3) is 5.91 Å². The molecule has 1 aromatic carbocycles. The number of amides is 2. The van der Waals surface area contributed by atoms with Crippen molar-refractivity contribution in [2.24, 2.45) is 5.73 Å². The van der Waals surface area contributed by atoms with Crippen LogP contribution in [0, 0.1) is 5.82 Å². The first-order chi connectivity index (χ1) is 9.47. The molecule has 7 heteroatoms. The maximum atomic E-state index is 13.8. The highest BCUT2D eigenvalue weighted by atomic mass is 35.5. The number of piperidine rings is 1. The zero-order valence-corrected chi connectivity index (χ0v) is 12.6. The van der Waals surface area contributed by atoms with Crippen molar-refractivity contribution in [2.45, 2.75) is 25.8 Å². The van der Waals surface area contributed by atoms with Gasteiger partial charge in [0.15, 0.2) is 0 Å². The molecule has 1 aromatic rings. The second-order valence-electron chi connectivity index (χ2n) is 5.01. The second-order valence-corrected chi connectivity index (χ2v) is 5.01. The van der Waals surface area contributed by atoms with Crippen LogP contribution in [0.25, 0.3) is 0 Å². The van der Waals surface area contributed by atoms with Crippen LogP contribution >= 0.6 is 12.4 Å². The fraction of sp³-hybridized carbons (Fsp3) is 0.429. The van der Waals surface area contributed by atoms with E-state index in [4.69, 9.17) is 5.73 Å². The highest BCUT2D eigenvalue weighted by Gasteiger charge is 2.24. The van der Waals surface area contributed by atoms with E-state index >= 15 is 0 Å². The predicted octanol–water partition coefficient (Wildman–Crippen LogP) is 1.77. The molecule has 1 aliphatic rings. The van der Waals surface area contributed by atoms with Gasteiger partial charge >= 0.3 is 0 Å². The molecule has 0 saturated carbocycles. The van der Waals surface area contributed by atoms with Gasteiger partial charge in [-0.05, 0) is 31.0 Å². The van der Waals surface area contributed by atoms with E-state index in [0.29, 0.717) is 18.8 Å². The van der Waals surface area contributed by atoms with Crippen LogP contribution in [0.2, 0.25) is 0 Å². The highest BCUT2D eigenvalue weighted by molar-refractivity contribution is 5.97. The van der Waals surface area contributed by atoms with Crippen LogP contribution < -0.4 is 11.1 Å². The van der Waals surface area contributed by atoms with Crippen LogP contribution in [-0.4, -0.2) is 35.8 Å². The van der Waals surface area contributed by atoms with E-state index in [1.807, 2.05) is 0 Å². The molecule has 1 fully saturated rings. The first kappa shape index (κ1) is 17.4. The van der Waals surface area contributed by atoms with Crippen molar-refractivity contribution in [1.82, 2.24) is 4.90 Å². The molecular weight excluding hydrogens is 297 g/mol. The van der Waals surface area contributed by atoms with Crippen LogP contribution in [0.4, 0.5) is 10.1 Å². The van der Waals surface area contributed by atoms with E-state index in [1.165, 1.54) is 25.1 Å². The van der Waals surface area contributed by atoms with Crippen LogP contribution in [0.5, 0.6) is 0 Å². The van der Waals surface area contributed by atoms with E-state index in [0.717, 1.165) is 12.8 Å². The number of carbonyl (C=O) groups is 2. The maximum Gasteiger partial charge on any atom is 0.256 e. The molecule has 2 rings (SSSR count).